The number of benzene rings is 2. The largest absolute Gasteiger partial charge is 0.378 e. The molecule has 7 heteroatoms. The Kier molecular flexibility index (Phi) is 6.16. The van der Waals surface area contributed by atoms with Crippen molar-refractivity contribution in [1.82, 2.24) is 10.2 Å². The predicted molar refractivity (Wildman–Crippen MR) is 112 cm³/mol. The first-order chi connectivity index (χ1) is 13.5. The molecule has 1 N–H and O–H groups in total. The summed E-state index contributed by atoms with van der Waals surface area (Å²) in [5.74, 6) is -0.571. The van der Waals surface area contributed by atoms with Gasteiger partial charge in [0.15, 0.2) is 0 Å². The number of nitrogens with one attached hydrogen (secondary N) is 1. The molecular formula is C21H21N3O3S. The highest BCUT2D eigenvalue weighted by molar-refractivity contribution is 8.18. The molecule has 144 valence electrons. The van der Waals surface area contributed by atoms with Gasteiger partial charge in [0, 0.05) is 38.4 Å². The van der Waals surface area contributed by atoms with Crippen molar-refractivity contribution in [3.05, 3.63) is 70.6 Å². The highest BCUT2D eigenvalue weighted by Gasteiger charge is 2.34. The minimum Gasteiger partial charge on any atom is -0.378 e. The zero-order valence-electron chi connectivity index (χ0n) is 15.7. The molecule has 1 fully saturated rings. The van der Waals surface area contributed by atoms with E-state index >= 15 is 0 Å². The number of anilines is 1. The van der Waals surface area contributed by atoms with Crippen molar-refractivity contribution in [2.24, 2.45) is 0 Å². The number of nitrogens with zero attached hydrogens (tertiary/aromatic N) is 2. The third-order valence-corrected chi connectivity index (χ3v) is 5.12. The fourth-order valence-electron chi connectivity index (χ4n) is 2.70. The average molecular weight is 395 g/mol. The van der Waals surface area contributed by atoms with Crippen molar-refractivity contribution in [1.29, 1.82) is 0 Å². The molecule has 0 bridgehead atoms. The number of amides is 3. The Morgan fingerprint density at radius 1 is 1.11 bits per heavy atom. The number of carbonyl (C=O) groups excluding carboxylic acids is 3. The fourth-order valence-corrected chi connectivity index (χ4v) is 3.57. The van der Waals surface area contributed by atoms with Crippen molar-refractivity contribution >= 4 is 40.6 Å². The third kappa shape index (κ3) is 4.61. The first-order valence-corrected chi connectivity index (χ1v) is 9.63. The molecule has 1 aliphatic heterocycles. The monoisotopic (exact) mass is 395 g/mol. The van der Waals surface area contributed by atoms with Gasteiger partial charge in [-0.05, 0) is 41.6 Å². The van der Waals surface area contributed by atoms with Crippen LogP contribution < -0.4 is 10.2 Å². The summed E-state index contributed by atoms with van der Waals surface area (Å²) in [5, 5.41) is 2.44. The number of imide groups is 1. The third-order valence-electron chi connectivity index (χ3n) is 4.22. The first kappa shape index (κ1) is 19.7. The van der Waals surface area contributed by atoms with Crippen LogP contribution in [0.1, 0.15) is 15.9 Å². The number of thioether (sulfide) groups is 1. The normalized spacial score (nSPS) is 15.2. The molecule has 0 aromatic heterocycles. The molecule has 1 heterocycles. The molecule has 6 nitrogen and oxygen atoms in total. The van der Waals surface area contributed by atoms with Crippen LogP contribution in [0.15, 0.2) is 59.5 Å². The van der Waals surface area contributed by atoms with Crippen LogP contribution in [0.25, 0.3) is 6.08 Å². The van der Waals surface area contributed by atoms with E-state index in [4.69, 9.17) is 0 Å². The molecule has 0 radical (unpaired) electrons. The van der Waals surface area contributed by atoms with E-state index in [1.807, 2.05) is 61.5 Å². The van der Waals surface area contributed by atoms with Crippen LogP contribution >= 0.6 is 11.8 Å². The Morgan fingerprint density at radius 3 is 2.57 bits per heavy atom. The van der Waals surface area contributed by atoms with E-state index in [0.29, 0.717) is 10.5 Å². The van der Waals surface area contributed by atoms with Gasteiger partial charge in [0.05, 0.1) is 4.91 Å². The summed E-state index contributed by atoms with van der Waals surface area (Å²) < 4.78 is 0. The smallest absolute Gasteiger partial charge is 0.293 e. The Morgan fingerprint density at radius 2 is 1.86 bits per heavy atom. The standard InChI is InChI=1S/C21H21N3O3S/c1-23(2)17-10-6-9-16(14-17)19(25)22-11-12-24-20(26)18(28-21(24)27)13-15-7-4-3-5-8-15/h3-10,13-14H,11-12H2,1-2H3,(H,22,25)/b18-13+. The average Bonchev–Trinajstić information content (AvgIpc) is 2.96. The van der Waals surface area contributed by atoms with Gasteiger partial charge in [0.1, 0.15) is 0 Å². The van der Waals surface area contributed by atoms with Gasteiger partial charge in [-0.3, -0.25) is 19.3 Å². The second-order valence-corrected chi connectivity index (χ2v) is 7.44. The summed E-state index contributed by atoms with van der Waals surface area (Å²) in [4.78, 5) is 40.4. The molecule has 1 saturated heterocycles. The summed E-state index contributed by atoms with van der Waals surface area (Å²) in [7, 11) is 3.81. The Hall–Kier alpha value is -3.06. The molecule has 0 unspecified atom stereocenters. The molecule has 0 saturated carbocycles. The van der Waals surface area contributed by atoms with E-state index in [0.717, 1.165) is 27.9 Å². The molecule has 3 rings (SSSR count). The molecule has 0 spiro atoms. The highest BCUT2D eigenvalue weighted by Crippen LogP contribution is 2.31. The first-order valence-electron chi connectivity index (χ1n) is 8.82. The van der Waals surface area contributed by atoms with Crippen LogP contribution in [-0.4, -0.2) is 49.1 Å². The predicted octanol–water partition coefficient (Wildman–Crippen LogP) is 3.22. The maximum Gasteiger partial charge on any atom is 0.293 e. The lowest BCUT2D eigenvalue weighted by Gasteiger charge is -2.15. The molecule has 28 heavy (non-hydrogen) atoms. The molecule has 2 aromatic rings. The van der Waals surface area contributed by atoms with Crippen LogP contribution in [0.4, 0.5) is 10.5 Å². The van der Waals surface area contributed by atoms with Gasteiger partial charge in [-0.25, -0.2) is 0 Å². The SMILES string of the molecule is CN(C)c1cccc(C(=O)NCCN2C(=O)S/C(=C/c3ccccc3)C2=O)c1. The van der Waals surface area contributed by atoms with Gasteiger partial charge in [0.2, 0.25) is 0 Å². The molecular weight excluding hydrogens is 374 g/mol. The molecule has 1 aliphatic rings. The van der Waals surface area contributed by atoms with Crippen LogP contribution in [0.5, 0.6) is 0 Å². The lowest BCUT2D eigenvalue weighted by atomic mass is 10.2. The van der Waals surface area contributed by atoms with E-state index in [-0.39, 0.29) is 30.1 Å². The molecule has 0 atom stereocenters. The second kappa shape index (κ2) is 8.75. The molecule has 0 aliphatic carbocycles. The van der Waals surface area contributed by atoms with Gasteiger partial charge < -0.3 is 10.2 Å². The van der Waals surface area contributed by atoms with E-state index in [2.05, 4.69) is 5.32 Å². The Bertz CT molecular complexity index is 926. The second-order valence-electron chi connectivity index (χ2n) is 6.44. The molecule has 2 aromatic carbocycles. The Balaban J connectivity index is 1.58. The van der Waals surface area contributed by atoms with Crippen LogP contribution in [0.3, 0.4) is 0 Å². The van der Waals surface area contributed by atoms with Gasteiger partial charge in [0.25, 0.3) is 17.1 Å². The zero-order chi connectivity index (χ0) is 20.1. The van der Waals surface area contributed by atoms with Crippen molar-refractivity contribution in [2.75, 3.05) is 32.1 Å². The molecule has 3 amide bonds. The lowest BCUT2D eigenvalue weighted by molar-refractivity contribution is -0.122. The van der Waals surface area contributed by atoms with Crippen LogP contribution in [-0.2, 0) is 4.79 Å². The zero-order valence-corrected chi connectivity index (χ0v) is 16.5. The minimum absolute atomic E-state index is 0.135. The number of hydrogen-bond donors (Lipinski definition) is 1. The van der Waals surface area contributed by atoms with Crippen molar-refractivity contribution in [2.45, 2.75) is 0 Å². The van der Waals surface area contributed by atoms with E-state index in [9.17, 15) is 14.4 Å². The summed E-state index contributed by atoms with van der Waals surface area (Å²) in [6, 6.07) is 16.6. The van der Waals surface area contributed by atoms with Crippen LogP contribution in [0, 0.1) is 0 Å². The maximum atomic E-state index is 12.5. The van der Waals surface area contributed by atoms with Gasteiger partial charge in [-0.2, -0.15) is 0 Å². The van der Waals surface area contributed by atoms with Gasteiger partial charge >= 0.3 is 0 Å². The highest BCUT2D eigenvalue weighted by atomic mass is 32.2. The van der Waals surface area contributed by atoms with Gasteiger partial charge in [-0.15, -0.1) is 0 Å². The van der Waals surface area contributed by atoms with E-state index in [1.165, 1.54) is 0 Å². The Labute approximate surface area is 168 Å². The van der Waals surface area contributed by atoms with Crippen molar-refractivity contribution in [3.8, 4) is 0 Å². The topological polar surface area (TPSA) is 69.7 Å². The maximum absolute atomic E-state index is 12.5. The fraction of sp³-hybridized carbons (Fsp3) is 0.190. The summed E-state index contributed by atoms with van der Waals surface area (Å²) in [6.07, 6.45) is 1.70. The van der Waals surface area contributed by atoms with Crippen LogP contribution in [0.2, 0.25) is 0 Å². The van der Waals surface area contributed by atoms with E-state index in [1.54, 1.807) is 18.2 Å². The van der Waals surface area contributed by atoms with Gasteiger partial charge in [-0.1, -0.05) is 36.4 Å². The van der Waals surface area contributed by atoms with Crippen molar-refractivity contribution < 1.29 is 14.4 Å². The quantitative estimate of drug-likeness (QED) is 0.761. The summed E-state index contributed by atoms with van der Waals surface area (Å²) in [5.41, 5.74) is 2.32. The summed E-state index contributed by atoms with van der Waals surface area (Å²) >= 11 is 0.917. The number of rotatable bonds is 6. The lowest BCUT2D eigenvalue weighted by Crippen LogP contribution is -2.37. The number of hydrogen-bond acceptors (Lipinski definition) is 5. The van der Waals surface area contributed by atoms with Crippen molar-refractivity contribution in [3.63, 3.8) is 0 Å². The summed E-state index contributed by atoms with van der Waals surface area (Å²) in [6.45, 7) is 0.331. The minimum atomic E-state index is -0.331. The number of carbonyl (C=O) groups is 3. The van der Waals surface area contributed by atoms with E-state index < -0.39 is 0 Å².